The number of fused-ring (bicyclic) bond motifs is 2. The molecular weight excluding hydrogens is 422 g/mol. The number of piperazine rings is 1. The van der Waals surface area contributed by atoms with Crippen molar-refractivity contribution in [2.75, 3.05) is 53.3 Å². The Morgan fingerprint density at radius 3 is 2.73 bits per heavy atom. The number of hydrogen-bond donors (Lipinski definition) is 0. The van der Waals surface area contributed by atoms with Gasteiger partial charge in [-0.1, -0.05) is 12.1 Å². The van der Waals surface area contributed by atoms with Gasteiger partial charge in [-0.05, 0) is 35.9 Å². The average molecular weight is 452 g/mol. The summed E-state index contributed by atoms with van der Waals surface area (Å²) < 4.78 is 24.1. The van der Waals surface area contributed by atoms with Crippen molar-refractivity contribution < 1.29 is 23.7 Å². The molecule has 0 radical (unpaired) electrons. The van der Waals surface area contributed by atoms with E-state index < -0.39 is 0 Å². The maximum atomic E-state index is 12.8. The number of aromatic nitrogens is 1. The molecule has 0 saturated carbocycles. The average Bonchev–Trinajstić information content (AvgIpc) is 3.48. The molecule has 174 valence electrons. The first kappa shape index (κ1) is 21.6. The van der Waals surface area contributed by atoms with Gasteiger partial charge in [0.1, 0.15) is 5.75 Å². The van der Waals surface area contributed by atoms with E-state index in [1.54, 1.807) is 7.11 Å². The first-order chi connectivity index (χ1) is 16.2. The lowest BCUT2D eigenvalue weighted by atomic mass is 10.1. The molecular formula is C25H29N3O5. The largest absolute Gasteiger partial charge is 0.483 e. The molecule has 0 spiro atoms. The lowest BCUT2D eigenvalue weighted by Crippen LogP contribution is -2.49. The highest BCUT2D eigenvalue weighted by Crippen LogP contribution is 2.33. The lowest BCUT2D eigenvalue weighted by Gasteiger charge is -2.34. The highest BCUT2D eigenvalue weighted by molar-refractivity contribution is 5.87. The Hall–Kier alpha value is -3.23. The van der Waals surface area contributed by atoms with Crippen molar-refractivity contribution in [2.24, 2.45) is 0 Å². The topological polar surface area (TPSA) is 65.4 Å². The monoisotopic (exact) mass is 451 g/mol. The van der Waals surface area contributed by atoms with Crippen molar-refractivity contribution in [1.29, 1.82) is 0 Å². The van der Waals surface area contributed by atoms with Crippen LogP contribution >= 0.6 is 0 Å². The number of nitrogens with zero attached hydrogens (tertiary/aromatic N) is 3. The molecule has 2 aliphatic heterocycles. The molecule has 0 N–H and O–H groups in total. The normalized spacial score (nSPS) is 15.8. The van der Waals surface area contributed by atoms with Gasteiger partial charge in [-0.15, -0.1) is 0 Å². The third-order valence-electron chi connectivity index (χ3n) is 6.23. The van der Waals surface area contributed by atoms with Gasteiger partial charge in [-0.25, -0.2) is 0 Å². The zero-order chi connectivity index (χ0) is 22.6. The minimum Gasteiger partial charge on any atom is -0.483 e. The number of benzene rings is 2. The summed E-state index contributed by atoms with van der Waals surface area (Å²) in [6.45, 7) is 5.65. The SMILES string of the molecule is COCCn1ccc2c(OCC(=O)N3CCN(Cc4ccc5c(c4)OCO5)CC3)cccc21. The molecule has 0 aliphatic carbocycles. The van der Waals surface area contributed by atoms with Crippen LogP contribution in [0.5, 0.6) is 17.2 Å². The summed E-state index contributed by atoms with van der Waals surface area (Å²) in [5.41, 5.74) is 2.27. The molecule has 0 bridgehead atoms. The standard InChI is InChI=1S/C25H29N3O5/c1-30-14-13-27-8-7-20-21(27)3-2-4-22(20)31-17-25(29)28-11-9-26(10-12-28)16-19-5-6-23-24(15-19)33-18-32-23/h2-8,15H,9-14,16-18H2,1H3. The van der Waals surface area contributed by atoms with Gasteiger partial charge >= 0.3 is 0 Å². The Kier molecular flexibility index (Phi) is 6.37. The maximum absolute atomic E-state index is 12.8. The fraction of sp³-hybridized carbons (Fsp3) is 0.400. The quantitative estimate of drug-likeness (QED) is 0.525. The van der Waals surface area contributed by atoms with Crippen LogP contribution in [-0.4, -0.2) is 73.6 Å². The van der Waals surface area contributed by atoms with Crippen molar-refractivity contribution in [3.63, 3.8) is 0 Å². The number of carbonyl (C=O) groups excluding carboxylic acids is 1. The van der Waals surface area contributed by atoms with Gasteiger partial charge in [0.2, 0.25) is 6.79 Å². The summed E-state index contributed by atoms with van der Waals surface area (Å²) in [6.07, 6.45) is 2.03. The third kappa shape index (κ3) is 4.77. The van der Waals surface area contributed by atoms with Crippen LogP contribution in [0.3, 0.4) is 0 Å². The molecule has 3 aromatic rings. The summed E-state index contributed by atoms with van der Waals surface area (Å²) in [6, 6.07) is 14.0. The van der Waals surface area contributed by atoms with Crippen molar-refractivity contribution in [3.8, 4) is 17.2 Å². The van der Waals surface area contributed by atoms with E-state index in [4.69, 9.17) is 18.9 Å². The van der Waals surface area contributed by atoms with E-state index in [2.05, 4.69) is 21.6 Å². The van der Waals surface area contributed by atoms with Crippen LogP contribution in [0.25, 0.3) is 10.9 Å². The zero-order valence-corrected chi connectivity index (χ0v) is 18.9. The summed E-state index contributed by atoms with van der Waals surface area (Å²) >= 11 is 0. The van der Waals surface area contributed by atoms with Crippen LogP contribution in [0.4, 0.5) is 0 Å². The molecule has 0 atom stereocenters. The summed E-state index contributed by atoms with van der Waals surface area (Å²) in [5.74, 6) is 2.37. The number of amides is 1. The Morgan fingerprint density at radius 2 is 1.88 bits per heavy atom. The van der Waals surface area contributed by atoms with Crippen molar-refractivity contribution >= 4 is 16.8 Å². The molecule has 5 rings (SSSR count). The van der Waals surface area contributed by atoms with Gasteiger partial charge in [-0.3, -0.25) is 9.69 Å². The highest BCUT2D eigenvalue weighted by atomic mass is 16.7. The first-order valence-electron chi connectivity index (χ1n) is 11.3. The van der Waals surface area contributed by atoms with Gasteiger partial charge in [0.25, 0.3) is 5.91 Å². The van der Waals surface area contributed by atoms with Crippen LogP contribution in [-0.2, 0) is 22.6 Å². The van der Waals surface area contributed by atoms with E-state index in [0.717, 1.165) is 54.3 Å². The van der Waals surface area contributed by atoms with E-state index in [0.29, 0.717) is 19.7 Å². The molecule has 1 saturated heterocycles. The number of methoxy groups -OCH3 is 1. The molecule has 1 aromatic heterocycles. The van der Waals surface area contributed by atoms with Gasteiger partial charge in [0, 0.05) is 58.0 Å². The van der Waals surface area contributed by atoms with E-state index in [9.17, 15) is 4.79 Å². The second-order valence-corrected chi connectivity index (χ2v) is 8.32. The molecule has 8 nitrogen and oxygen atoms in total. The van der Waals surface area contributed by atoms with Gasteiger partial charge in [-0.2, -0.15) is 0 Å². The predicted octanol–water partition coefficient (Wildman–Crippen LogP) is 2.74. The fourth-order valence-electron chi connectivity index (χ4n) is 4.39. The molecule has 8 heteroatoms. The van der Waals surface area contributed by atoms with Crippen LogP contribution in [0, 0.1) is 0 Å². The summed E-state index contributed by atoms with van der Waals surface area (Å²) in [7, 11) is 1.70. The molecule has 1 fully saturated rings. The van der Waals surface area contributed by atoms with Gasteiger partial charge in [0.05, 0.1) is 12.1 Å². The van der Waals surface area contributed by atoms with Crippen LogP contribution in [0.2, 0.25) is 0 Å². The number of rotatable bonds is 8. The minimum atomic E-state index is 0.0218. The highest BCUT2D eigenvalue weighted by Gasteiger charge is 2.22. The second-order valence-electron chi connectivity index (χ2n) is 8.32. The summed E-state index contributed by atoms with van der Waals surface area (Å²) in [4.78, 5) is 17.0. The lowest BCUT2D eigenvalue weighted by molar-refractivity contribution is -0.135. The molecule has 0 unspecified atom stereocenters. The summed E-state index contributed by atoms with van der Waals surface area (Å²) in [5, 5.41) is 1.01. The van der Waals surface area contributed by atoms with E-state index in [-0.39, 0.29) is 19.3 Å². The zero-order valence-electron chi connectivity index (χ0n) is 18.9. The van der Waals surface area contributed by atoms with Crippen molar-refractivity contribution in [2.45, 2.75) is 13.1 Å². The Labute approximate surface area is 193 Å². The van der Waals surface area contributed by atoms with E-state index >= 15 is 0 Å². The van der Waals surface area contributed by atoms with Crippen LogP contribution < -0.4 is 14.2 Å². The Balaban J connectivity index is 1.12. The van der Waals surface area contributed by atoms with E-state index in [1.807, 2.05) is 41.4 Å². The molecule has 3 heterocycles. The molecule has 1 amide bonds. The van der Waals surface area contributed by atoms with Crippen molar-refractivity contribution in [1.82, 2.24) is 14.4 Å². The van der Waals surface area contributed by atoms with E-state index in [1.165, 1.54) is 5.56 Å². The van der Waals surface area contributed by atoms with Gasteiger partial charge in [0.15, 0.2) is 18.1 Å². The smallest absolute Gasteiger partial charge is 0.260 e. The molecule has 2 aromatic carbocycles. The van der Waals surface area contributed by atoms with Crippen LogP contribution in [0.1, 0.15) is 5.56 Å². The third-order valence-corrected chi connectivity index (χ3v) is 6.23. The van der Waals surface area contributed by atoms with Gasteiger partial charge < -0.3 is 28.4 Å². The Bertz CT molecular complexity index is 1120. The van der Waals surface area contributed by atoms with Crippen molar-refractivity contribution in [3.05, 3.63) is 54.2 Å². The second kappa shape index (κ2) is 9.72. The molecule has 33 heavy (non-hydrogen) atoms. The number of ether oxygens (including phenoxy) is 4. The Morgan fingerprint density at radius 1 is 1.03 bits per heavy atom. The fourth-order valence-corrected chi connectivity index (χ4v) is 4.39. The number of carbonyl (C=O) groups is 1. The maximum Gasteiger partial charge on any atom is 0.260 e. The van der Waals surface area contributed by atoms with Crippen LogP contribution in [0.15, 0.2) is 48.7 Å². The molecule has 2 aliphatic rings. The minimum absolute atomic E-state index is 0.0218. The first-order valence-corrected chi connectivity index (χ1v) is 11.3. The predicted molar refractivity (Wildman–Crippen MR) is 124 cm³/mol. The number of hydrogen-bond acceptors (Lipinski definition) is 6.